The summed E-state index contributed by atoms with van der Waals surface area (Å²) in [5, 5.41) is 0. The van der Waals surface area contributed by atoms with Gasteiger partial charge in [0.1, 0.15) is 12.6 Å². The zero-order chi connectivity index (χ0) is 7.84. The molecule has 1 saturated carbocycles. The van der Waals surface area contributed by atoms with Crippen LogP contribution in [0.5, 0.6) is 0 Å². The summed E-state index contributed by atoms with van der Waals surface area (Å²) in [6.45, 7) is 0. The first kappa shape index (κ1) is 6.77. The number of carbonyl (C=O) groups is 2. The fourth-order valence-electron chi connectivity index (χ4n) is 2.28. The largest absolute Gasteiger partial charge is 0.303 e. The summed E-state index contributed by atoms with van der Waals surface area (Å²) in [6, 6.07) is 0. The highest BCUT2D eigenvalue weighted by molar-refractivity contribution is 5.68. The van der Waals surface area contributed by atoms with E-state index in [1.54, 1.807) is 0 Å². The monoisotopic (exact) mass is 150 g/mol. The quantitative estimate of drug-likeness (QED) is 0.431. The number of hydrogen-bond donors (Lipinski definition) is 0. The average molecular weight is 150 g/mol. The molecule has 0 N–H and O–H groups in total. The molecule has 0 aromatic rings. The van der Waals surface area contributed by atoms with Crippen molar-refractivity contribution in [1.82, 2.24) is 0 Å². The van der Waals surface area contributed by atoms with E-state index in [1.165, 1.54) is 0 Å². The molecular formula is C9H10O2. The Morgan fingerprint density at radius 2 is 1.45 bits per heavy atom. The van der Waals surface area contributed by atoms with Gasteiger partial charge in [-0.15, -0.1) is 0 Å². The SMILES string of the molecule is O=C[C@H]1[C@H](C=O)[C@H]2C=C[C@@H]1C2. The maximum absolute atomic E-state index is 10.6. The van der Waals surface area contributed by atoms with Crippen LogP contribution >= 0.6 is 0 Å². The first-order valence-electron chi connectivity index (χ1n) is 3.95. The van der Waals surface area contributed by atoms with E-state index >= 15 is 0 Å². The van der Waals surface area contributed by atoms with Crippen LogP contribution in [0.3, 0.4) is 0 Å². The van der Waals surface area contributed by atoms with Gasteiger partial charge in [-0.05, 0) is 18.3 Å². The Labute approximate surface area is 65.3 Å². The van der Waals surface area contributed by atoms with E-state index in [9.17, 15) is 9.59 Å². The summed E-state index contributed by atoms with van der Waals surface area (Å²) in [6.07, 6.45) is 7.03. The van der Waals surface area contributed by atoms with E-state index < -0.39 is 0 Å². The Hall–Kier alpha value is -0.920. The maximum atomic E-state index is 10.6. The molecule has 0 spiro atoms. The molecular weight excluding hydrogens is 140 g/mol. The molecule has 0 radical (unpaired) electrons. The minimum Gasteiger partial charge on any atom is -0.303 e. The van der Waals surface area contributed by atoms with Gasteiger partial charge in [0.05, 0.1) is 0 Å². The smallest absolute Gasteiger partial charge is 0.124 e. The third-order valence-corrected chi connectivity index (χ3v) is 2.90. The summed E-state index contributed by atoms with van der Waals surface area (Å²) < 4.78 is 0. The molecule has 2 bridgehead atoms. The molecule has 2 aliphatic carbocycles. The van der Waals surface area contributed by atoms with Crippen LogP contribution in [-0.2, 0) is 9.59 Å². The molecule has 0 aromatic heterocycles. The second kappa shape index (κ2) is 2.29. The van der Waals surface area contributed by atoms with E-state index in [0.717, 1.165) is 19.0 Å². The number of carbonyl (C=O) groups excluding carboxylic acids is 2. The molecule has 0 heterocycles. The predicted octanol–water partition coefficient (Wildman–Crippen LogP) is 0.822. The summed E-state index contributed by atoms with van der Waals surface area (Å²) in [7, 11) is 0. The van der Waals surface area contributed by atoms with Gasteiger partial charge in [0.25, 0.3) is 0 Å². The number of rotatable bonds is 2. The van der Waals surface area contributed by atoms with Gasteiger partial charge in [0, 0.05) is 11.8 Å². The predicted molar refractivity (Wildman–Crippen MR) is 39.8 cm³/mol. The number of hydrogen-bond acceptors (Lipinski definition) is 2. The highest BCUT2D eigenvalue weighted by Crippen LogP contribution is 2.45. The van der Waals surface area contributed by atoms with Gasteiger partial charge >= 0.3 is 0 Å². The van der Waals surface area contributed by atoms with Gasteiger partial charge < -0.3 is 9.59 Å². The van der Waals surface area contributed by atoms with Crippen LogP contribution in [-0.4, -0.2) is 12.6 Å². The number of allylic oxidation sites excluding steroid dienone is 2. The van der Waals surface area contributed by atoms with Gasteiger partial charge in [0.15, 0.2) is 0 Å². The molecule has 4 atom stereocenters. The van der Waals surface area contributed by atoms with Crippen molar-refractivity contribution >= 4 is 12.6 Å². The Balaban J connectivity index is 2.27. The zero-order valence-corrected chi connectivity index (χ0v) is 6.14. The molecule has 0 aliphatic heterocycles. The van der Waals surface area contributed by atoms with Crippen molar-refractivity contribution in [2.45, 2.75) is 6.42 Å². The van der Waals surface area contributed by atoms with E-state index in [4.69, 9.17) is 0 Å². The lowest BCUT2D eigenvalue weighted by Crippen LogP contribution is -2.21. The van der Waals surface area contributed by atoms with Gasteiger partial charge in [-0.1, -0.05) is 12.2 Å². The Morgan fingerprint density at radius 3 is 1.82 bits per heavy atom. The lowest BCUT2D eigenvalue weighted by Gasteiger charge is -2.16. The molecule has 0 amide bonds. The van der Waals surface area contributed by atoms with Crippen molar-refractivity contribution in [2.75, 3.05) is 0 Å². The molecule has 0 aromatic carbocycles. The average Bonchev–Trinajstić information content (AvgIpc) is 2.60. The van der Waals surface area contributed by atoms with Crippen LogP contribution in [0.25, 0.3) is 0 Å². The van der Waals surface area contributed by atoms with E-state index in [-0.39, 0.29) is 11.8 Å². The second-order valence-electron chi connectivity index (χ2n) is 3.38. The molecule has 1 fully saturated rings. The summed E-state index contributed by atoms with van der Waals surface area (Å²) >= 11 is 0. The van der Waals surface area contributed by atoms with Gasteiger partial charge in [-0.2, -0.15) is 0 Å². The van der Waals surface area contributed by atoms with Crippen LogP contribution in [0.4, 0.5) is 0 Å². The topological polar surface area (TPSA) is 34.1 Å². The fraction of sp³-hybridized carbons (Fsp3) is 0.556. The van der Waals surface area contributed by atoms with Crippen LogP contribution in [0.2, 0.25) is 0 Å². The van der Waals surface area contributed by atoms with Gasteiger partial charge in [0.2, 0.25) is 0 Å². The van der Waals surface area contributed by atoms with E-state index in [0.29, 0.717) is 11.8 Å². The van der Waals surface area contributed by atoms with Crippen molar-refractivity contribution < 1.29 is 9.59 Å². The van der Waals surface area contributed by atoms with Crippen LogP contribution in [0.1, 0.15) is 6.42 Å². The highest BCUT2D eigenvalue weighted by Gasteiger charge is 2.43. The van der Waals surface area contributed by atoms with E-state index in [1.807, 2.05) is 0 Å². The summed E-state index contributed by atoms with van der Waals surface area (Å²) in [5.41, 5.74) is 0. The molecule has 58 valence electrons. The third-order valence-electron chi connectivity index (χ3n) is 2.90. The highest BCUT2D eigenvalue weighted by atomic mass is 16.1. The van der Waals surface area contributed by atoms with Crippen molar-refractivity contribution in [3.63, 3.8) is 0 Å². The number of fused-ring (bicyclic) bond motifs is 2. The number of aldehydes is 2. The minimum atomic E-state index is -0.0255. The van der Waals surface area contributed by atoms with Crippen molar-refractivity contribution in [2.24, 2.45) is 23.7 Å². The lowest BCUT2D eigenvalue weighted by molar-refractivity contribution is -0.119. The van der Waals surface area contributed by atoms with E-state index in [2.05, 4.69) is 12.2 Å². The molecule has 11 heavy (non-hydrogen) atoms. The van der Waals surface area contributed by atoms with Crippen molar-refractivity contribution in [3.05, 3.63) is 12.2 Å². The molecule has 2 heteroatoms. The third kappa shape index (κ3) is 0.785. The first-order chi connectivity index (χ1) is 5.36. The van der Waals surface area contributed by atoms with Crippen LogP contribution in [0.15, 0.2) is 12.2 Å². The first-order valence-corrected chi connectivity index (χ1v) is 3.95. The molecule has 2 nitrogen and oxygen atoms in total. The van der Waals surface area contributed by atoms with Crippen LogP contribution < -0.4 is 0 Å². The summed E-state index contributed by atoms with van der Waals surface area (Å²) in [4.78, 5) is 21.1. The van der Waals surface area contributed by atoms with Crippen molar-refractivity contribution in [3.8, 4) is 0 Å². The Kier molecular flexibility index (Phi) is 1.41. The minimum absolute atomic E-state index is 0.0255. The normalized spacial score (nSPS) is 46.2. The molecule has 0 unspecified atom stereocenters. The zero-order valence-electron chi connectivity index (χ0n) is 6.14. The molecule has 2 rings (SSSR count). The summed E-state index contributed by atoms with van der Waals surface area (Å²) in [5.74, 6) is 0.658. The van der Waals surface area contributed by atoms with Gasteiger partial charge in [-0.25, -0.2) is 0 Å². The molecule has 2 aliphatic rings. The molecule has 0 saturated heterocycles. The second-order valence-corrected chi connectivity index (χ2v) is 3.38. The maximum Gasteiger partial charge on any atom is 0.124 e. The standard InChI is InChI=1S/C9H10O2/c10-4-8-6-1-2-7(3-6)9(8)5-11/h1-2,4-9H,3H2/t6-,7+,8-,9-/m1/s1. The van der Waals surface area contributed by atoms with Crippen LogP contribution in [0, 0.1) is 23.7 Å². The Morgan fingerprint density at radius 1 is 1.00 bits per heavy atom. The van der Waals surface area contributed by atoms with Crippen molar-refractivity contribution in [1.29, 1.82) is 0 Å². The fourth-order valence-corrected chi connectivity index (χ4v) is 2.28. The lowest BCUT2D eigenvalue weighted by atomic mass is 9.85. The van der Waals surface area contributed by atoms with Gasteiger partial charge in [-0.3, -0.25) is 0 Å². The Bertz CT molecular complexity index is 198.